The summed E-state index contributed by atoms with van der Waals surface area (Å²) in [6, 6.07) is 1.26. The van der Waals surface area contributed by atoms with Gasteiger partial charge in [-0.05, 0) is 18.4 Å². The number of esters is 1. The molecule has 1 heterocycles. The highest BCUT2D eigenvalue weighted by Crippen LogP contribution is 2.23. The molecule has 0 fully saturated rings. The van der Waals surface area contributed by atoms with E-state index >= 15 is 0 Å². The van der Waals surface area contributed by atoms with Gasteiger partial charge in [-0.1, -0.05) is 97.3 Å². The summed E-state index contributed by atoms with van der Waals surface area (Å²) in [5.41, 5.74) is -0.151. The molecule has 0 saturated heterocycles. The second-order valence-electron chi connectivity index (χ2n) is 8.02. The van der Waals surface area contributed by atoms with Gasteiger partial charge in [-0.15, -0.1) is 0 Å². The van der Waals surface area contributed by atoms with Crippen molar-refractivity contribution in [3.8, 4) is 0 Å². The molecule has 1 aromatic heterocycles. The molecule has 0 amide bonds. The first-order chi connectivity index (χ1) is 14.1. The zero-order chi connectivity index (χ0) is 21.3. The number of carboxylic acid groups (broad SMARTS) is 1. The van der Waals surface area contributed by atoms with Crippen molar-refractivity contribution in [2.45, 2.75) is 104 Å². The monoisotopic (exact) mass is 408 g/mol. The molecular weight excluding hydrogens is 368 g/mol. The molecule has 1 aromatic rings. The van der Waals surface area contributed by atoms with Crippen LogP contribution in [0.25, 0.3) is 0 Å². The SMILES string of the molecule is CCCCCCC(CCCC)CCCCCCCOC(=O)c1occc1C(=O)O. The van der Waals surface area contributed by atoms with Gasteiger partial charge in [0, 0.05) is 0 Å². The van der Waals surface area contributed by atoms with Crippen LogP contribution in [0.5, 0.6) is 0 Å². The number of ether oxygens (including phenoxy) is 1. The van der Waals surface area contributed by atoms with Gasteiger partial charge in [0.1, 0.15) is 5.56 Å². The number of carbonyl (C=O) groups is 2. The number of furan rings is 1. The minimum atomic E-state index is -1.19. The van der Waals surface area contributed by atoms with Crippen molar-refractivity contribution in [2.75, 3.05) is 6.61 Å². The number of rotatable bonds is 18. The van der Waals surface area contributed by atoms with Gasteiger partial charge in [0.2, 0.25) is 5.76 Å². The third kappa shape index (κ3) is 11.1. The molecule has 29 heavy (non-hydrogen) atoms. The van der Waals surface area contributed by atoms with Crippen LogP contribution in [-0.4, -0.2) is 23.7 Å². The fourth-order valence-electron chi connectivity index (χ4n) is 3.72. The van der Waals surface area contributed by atoms with Gasteiger partial charge in [-0.2, -0.15) is 0 Å². The van der Waals surface area contributed by atoms with E-state index in [9.17, 15) is 9.59 Å². The van der Waals surface area contributed by atoms with Crippen molar-refractivity contribution in [1.82, 2.24) is 0 Å². The largest absolute Gasteiger partial charge is 0.478 e. The summed E-state index contributed by atoms with van der Waals surface area (Å²) in [6.07, 6.45) is 18.9. The Kier molecular flexibility index (Phi) is 14.0. The van der Waals surface area contributed by atoms with E-state index in [2.05, 4.69) is 13.8 Å². The zero-order valence-corrected chi connectivity index (χ0v) is 18.4. The number of carboxylic acids is 1. The highest BCUT2D eigenvalue weighted by molar-refractivity contribution is 6.00. The molecule has 1 N–H and O–H groups in total. The number of hydrogen-bond acceptors (Lipinski definition) is 4. The first-order valence-corrected chi connectivity index (χ1v) is 11.6. The molecule has 0 spiro atoms. The molecule has 0 saturated carbocycles. The van der Waals surface area contributed by atoms with Crippen molar-refractivity contribution >= 4 is 11.9 Å². The minimum absolute atomic E-state index is 0.151. The molecule has 0 bridgehead atoms. The molecule has 1 atom stereocenters. The van der Waals surface area contributed by atoms with E-state index in [0.717, 1.165) is 25.2 Å². The van der Waals surface area contributed by atoms with Crippen molar-refractivity contribution in [3.05, 3.63) is 23.7 Å². The summed E-state index contributed by atoms with van der Waals surface area (Å²) in [4.78, 5) is 22.9. The van der Waals surface area contributed by atoms with Gasteiger partial charge in [-0.25, -0.2) is 9.59 Å². The lowest BCUT2D eigenvalue weighted by molar-refractivity contribution is 0.0450. The van der Waals surface area contributed by atoms with Crippen LogP contribution in [0.4, 0.5) is 0 Å². The first-order valence-electron chi connectivity index (χ1n) is 11.6. The summed E-state index contributed by atoms with van der Waals surface area (Å²) < 4.78 is 10.1. The number of hydrogen-bond donors (Lipinski definition) is 1. The van der Waals surface area contributed by atoms with Gasteiger partial charge in [0.15, 0.2) is 0 Å². The van der Waals surface area contributed by atoms with E-state index < -0.39 is 11.9 Å². The normalized spacial score (nSPS) is 12.1. The number of carbonyl (C=O) groups excluding carboxylic acids is 1. The van der Waals surface area contributed by atoms with E-state index in [4.69, 9.17) is 14.3 Å². The second kappa shape index (κ2) is 16.1. The van der Waals surface area contributed by atoms with Crippen LogP contribution in [0.3, 0.4) is 0 Å². The van der Waals surface area contributed by atoms with Crippen LogP contribution in [0.1, 0.15) is 125 Å². The highest BCUT2D eigenvalue weighted by Gasteiger charge is 2.21. The summed E-state index contributed by atoms with van der Waals surface area (Å²) in [6.45, 7) is 4.84. The standard InChI is InChI=1S/C24H40O5/c1-3-5-7-11-15-20(14-6-4-2)16-12-9-8-10-13-18-29-24(27)22-21(23(25)26)17-19-28-22/h17,19-20H,3-16,18H2,1-2H3,(H,25,26). The van der Waals surface area contributed by atoms with Gasteiger partial charge in [-0.3, -0.25) is 0 Å². The van der Waals surface area contributed by atoms with E-state index in [1.165, 1.54) is 83.0 Å². The minimum Gasteiger partial charge on any atom is -0.478 e. The fourth-order valence-corrected chi connectivity index (χ4v) is 3.72. The van der Waals surface area contributed by atoms with Crippen molar-refractivity contribution < 1.29 is 23.8 Å². The maximum atomic E-state index is 11.9. The Hall–Kier alpha value is -1.78. The summed E-state index contributed by atoms with van der Waals surface area (Å²) in [5.74, 6) is -1.22. The Bertz CT molecular complexity index is 563. The lowest BCUT2D eigenvalue weighted by Crippen LogP contribution is -2.10. The maximum absolute atomic E-state index is 11.9. The first kappa shape index (κ1) is 25.3. The quantitative estimate of drug-likeness (QED) is 0.204. The van der Waals surface area contributed by atoms with E-state index in [0.29, 0.717) is 6.61 Å². The van der Waals surface area contributed by atoms with Crippen LogP contribution < -0.4 is 0 Å². The maximum Gasteiger partial charge on any atom is 0.375 e. The Morgan fingerprint density at radius 1 is 0.897 bits per heavy atom. The van der Waals surface area contributed by atoms with Crippen molar-refractivity contribution in [2.24, 2.45) is 5.92 Å². The van der Waals surface area contributed by atoms with Crippen LogP contribution in [0.15, 0.2) is 16.7 Å². The number of unbranched alkanes of at least 4 members (excludes halogenated alkanes) is 8. The molecule has 0 aromatic carbocycles. The zero-order valence-electron chi connectivity index (χ0n) is 18.4. The lowest BCUT2D eigenvalue weighted by atomic mass is 9.90. The van der Waals surface area contributed by atoms with Crippen LogP contribution in [0.2, 0.25) is 0 Å². The Morgan fingerprint density at radius 3 is 2.14 bits per heavy atom. The topological polar surface area (TPSA) is 76.7 Å². The fraction of sp³-hybridized carbons (Fsp3) is 0.750. The van der Waals surface area contributed by atoms with Crippen LogP contribution in [-0.2, 0) is 4.74 Å². The third-order valence-electron chi connectivity index (χ3n) is 5.50. The van der Waals surface area contributed by atoms with E-state index in [1.807, 2.05) is 0 Å². The third-order valence-corrected chi connectivity index (χ3v) is 5.50. The highest BCUT2D eigenvalue weighted by atomic mass is 16.5. The Balaban J connectivity index is 2.10. The molecule has 0 radical (unpaired) electrons. The average Bonchev–Trinajstić information content (AvgIpc) is 3.20. The Labute approximate surface area is 176 Å². The molecule has 5 heteroatoms. The van der Waals surface area contributed by atoms with E-state index in [-0.39, 0.29) is 11.3 Å². The van der Waals surface area contributed by atoms with E-state index in [1.54, 1.807) is 0 Å². The Morgan fingerprint density at radius 2 is 1.48 bits per heavy atom. The van der Waals surface area contributed by atoms with Crippen LogP contribution in [0, 0.1) is 5.92 Å². The summed E-state index contributed by atoms with van der Waals surface area (Å²) in [5, 5.41) is 8.99. The number of aromatic carboxylic acids is 1. The lowest BCUT2D eigenvalue weighted by Gasteiger charge is -2.16. The smallest absolute Gasteiger partial charge is 0.375 e. The predicted octanol–water partition coefficient (Wildman–Crippen LogP) is 7.25. The average molecular weight is 409 g/mol. The molecule has 166 valence electrons. The summed E-state index contributed by atoms with van der Waals surface area (Å²) >= 11 is 0. The molecule has 0 aliphatic rings. The molecule has 0 aliphatic carbocycles. The van der Waals surface area contributed by atoms with Crippen molar-refractivity contribution in [3.63, 3.8) is 0 Å². The molecule has 5 nitrogen and oxygen atoms in total. The second-order valence-corrected chi connectivity index (χ2v) is 8.02. The van der Waals surface area contributed by atoms with Crippen molar-refractivity contribution in [1.29, 1.82) is 0 Å². The molecule has 1 unspecified atom stereocenters. The van der Waals surface area contributed by atoms with Gasteiger partial charge in [0.05, 0.1) is 12.9 Å². The molecule has 0 aliphatic heterocycles. The van der Waals surface area contributed by atoms with Gasteiger partial charge in [0.25, 0.3) is 0 Å². The molecule has 1 rings (SSSR count). The molecular formula is C24H40O5. The van der Waals surface area contributed by atoms with Crippen LogP contribution >= 0.6 is 0 Å². The predicted molar refractivity (Wildman–Crippen MR) is 115 cm³/mol. The van der Waals surface area contributed by atoms with Gasteiger partial charge < -0.3 is 14.3 Å². The summed E-state index contributed by atoms with van der Waals surface area (Å²) in [7, 11) is 0. The van der Waals surface area contributed by atoms with Gasteiger partial charge >= 0.3 is 11.9 Å².